The first-order valence-corrected chi connectivity index (χ1v) is 11.0. The lowest BCUT2D eigenvalue weighted by Gasteiger charge is -2.48. The van der Waals surface area contributed by atoms with Crippen molar-refractivity contribution in [3.05, 3.63) is 70.3 Å². The van der Waals surface area contributed by atoms with E-state index in [1.807, 2.05) is 12.1 Å². The molecule has 3 aliphatic rings. The molecule has 4 heteroatoms. The summed E-state index contributed by atoms with van der Waals surface area (Å²) in [6, 6.07) is 16.1. The van der Waals surface area contributed by atoms with Crippen molar-refractivity contribution in [2.75, 3.05) is 5.32 Å². The van der Waals surface area contributed by atoms with E-state index in [1.54, 1.807) is 17.7 Å². The van der Waals surface area contributed by atoms with Gasteiger partial charge in [-0.2, -0.15) is 0 Å². The highest BCUT2D eigenvalue weighted by atomic mass is 35.5. The number of anilines is 1. The van der Waals surface area contributed by atoms with Crippen molar-refractivity contribution in [1.29, 1.82) is 0 Å². The van der Waals surface area contributed by atoms with Gasteiger partial charge in [0.1, 0.15) is 5.54 Å². The molecular formula is C25H26ClNO2. The number of allylic oxidation sites excluding steroid dienone is 1. The van der Waals surface area contributed by atoms with Gasteiger partial charge in [0.2, 0.25) is 0 Å². The zero-order chi connectivity index (χ0) is 20.1. The Kier molecular flexibility index (Phi) is 4.47. The maximum absolute atomic E-state index is 12.4. The number of carbonyl (C=O) groups is 1. The maximum Gasteiger partial charge on any atom is 0.329 e. The molecule has 5 rings (SSSR count). The first-order chi connectivity index (χ1) is 14.0. The van der Waals surface area contributed by atoms with Crippen LogP contribution in [-0.4, -0.2) is 16.6 Å². The minimum atomic E-state index is -0.946. The average Bonchev–Trinajstić information content (AvgIpc) is 2.96. The van der Waals surface area contributed by atoms with E-state index in [1.165, 1.54) is 30.4 Å². The summed E-state index contributed by atoms with van der Waals surface area (Å²) < 4.78 is 0. The molecule has 0 radical (unpaired) electrons. The van der Waals surface area contributed by atoms with Gasteiger partial charge in [0.25, 0.3) is 0 Å². The lowest BCUT2D eigenvalue weighted by atomic mass is 9.58. The van der Waals surface area contributed by atoms with Crippen LogP contribution in [0.25, 0.3) is 6.08 Å². The Balaban J connectivity index is 1.47. The van der Waals surface area contributed by atoms with Crippen molar-refractivity contribution in [3.63, 3.8) is 0 Å². The summed E-state index contributed by atoms with van der Waals surface area (Å²) in [4.78, 5) is 12.4. The van der Waals surface area contributed by atoms with Crippen LogP contribution in [0.1, 0.15) is 56.1 Å². The lowest BCUT2D eigenvalue weighted by Crippen LogP contribution is -2.52. The molecule has 0 atom stereocenters. The zero-order valence-electron chi connectivity index (χ0n) is 16.5. The number of hydrogen-bond acceptors (Lipinski definition) is 2. The summed E-state index contributed by atoms with van der Waals surface area (Å²) >= 11 is 6.12. The molecule has 150 valence electrons. The third-order valence-corrected chi connectivity index (χ3v) is 7.69. The molecular weight excluding hydrogens is 382 g/mol. The number of aliphatic carboxylic acids is 1. The van der Waals surface area contributed by atoms with E-state index in [9.17, 15) is 9.90 Å². The Labute approximate surface area is 176 Å². The monoisotopic (exact) mass is 407 g/mol. The van der Waals surface area contributed by atoms with Crippen molar-refractivity contribution in [1.82, 2.24) is 0 Å². The molecule has 0 aliphatic heterocycles. The Hall–Kier alpha value is -2.26. The van der Waals surface area contributed by atoms with Crippen LogP contribution in [0.15, 0.2) is 54.1 Å². The second-order valence-corrected chi connectivity index (χ2v) is 9.36. The molecule has 0 bridgehead atoms. The highest BCUT2D eigenvalue weighted by molar-refractivity contribution is 6.30. The van der Waals surface area contributed by atoms with Crippen LogP contribution in [0.2, 0.25) is 5.02 Å². The van der Waals surface area contributed by atoms with Crippen molar-refractivity contribution in [2.24, 2.45) is 5.92 Å². The Bertz CT molecular complexity index is 984. The number of carboxylic acid groups (broad SMARTS) is 1. The van der Waals surface area contributed by atoms with Crippen LogP contribution >= 0.6 is 11.6 Å². The number of halogens is 1. The molecule has 1 spiro atoms. The normalized spacial score (nSPS) is 28.5. The molecule has 0 unspecified atom stereocenters. The molecule has 0 amide bonds. The summed E-state index contributed by atoms with van der Waals surface area (Å²) in [5, 5.41) is 14.1. The highest BCUT2D eigenvalue weighted by Crippen LogP contribution is 2.58. The summed E-state index contributed by atoms with van der Waals surface area (Å²) in [6.07, 6.45) is 9.21. The smallest absolute Gasteiger partial charge is 0.329 e. The molecule has 2 N–H and O–H groups in total. The minimum Gasteiger partial charge on any atom is -0.480 e. The van der Waals surface area contributed by atoms with Gasteiger partial charge < -0.3 is 10.4 Å². The van der Waals surface area contributed by atoms with Crippen molar-refractivity contribution >= 4 is 29.3 Å². The molecule has 3 nitrogen and oxygen atoms in total. The van der Waals surface area contributed by atoms with Gasteiger partial charge in [-0.05, 0) is 73.8 Å². The molecule has 3 aliphatic carbocycles. The standard InChI is InChI=1S/C25H26ClNO2/c26-19-8-4-9-20(16-19)27-25(23(28)29)13-11-24(12-14-25)21-10-2-1-5-18(21)15-22(24)17-6-3-7-17/h1-2,4-5,8-10,15-17,27H,3,6-7,11-14H2,(H,28,29). The van der Waals surface area contributed by atoms with Crippen LogP contribution in [0, 0.1) is 5.92 Å². The average molecular weight is 408 g/mol. The molecule has 29 heavy (non-hydrogen) atoms. The second-order valence-electron chi connectivity index (χ2n) is 8.92. The quantitative estimate of drug-likeness (QED) is 0.626. The maximum atomic E-state index is 12.4. The number of fused-ring (bicyclic) bond motifs is 2. The van der Waals surface area contributed by atoms with E-state index < -0.39 is 11.5 Å². The molecule has 0 heterocycles. The van der Waals surface area contributed by atoms with Crippen LogP contribution in [-0.2, 0) is 10.2 Å². The molecule has 0 aromatic heterocycles. The largest absolute Gasteiger partial charge is 0.480 e. The van der Waals surface area contributed by atoms with Gasteiger partial charge in [-0.1, -0.05) is 60.0 Å². The third-order valence-electron chi connectivity index (χ3n) is 7.46. The van der Waals surface area contributed by atoms with E-state index in [-0.39, 0.29) is 5.41 Å². The molecule has 0 saturated heterocycles. The summed E-state index contributed by atoms with van der Waals surface area (Å²) in [5.41, 5.74) is 4.14. The molecule has 2 fully saturated rings. The molecule has 2 aromatic carbocycles. The summed E-state index contributed by atoms with van der Waals surface area (Å²) in [7, 11) is 0. The molecule has 2 saturated carbocycles. The Morgan fingerprint density at radius 3 is 2.45 bits per heavy atom. The summed E-state index contributed by atoms with van der Waals surface area (Å²) in [6.45, 7) is 0. The number of carboxylic acids is 1. The van der Waals surface area contributed by atoms with Crippen molar-refractivity contribution in [2.45, 2.75) is 55.9 Å². The van der Waals surface area contributed by atoms with Crippen LogP contribution in [0.4, 0.5) is 5.69 Å². The SMILES string of the molecule is O=C(O)C1(Nc2cccc(Cl)c2)CCC2(CC1)C(C1CCC1)=Cc1ccccc12. The van der Waals surface area contributed by atoms with E-state index in [2.05, 4.69) is 35.7 Å². The van der Waals surface area contributed by atoms with Crippen molar-refractivity contribution < 1.29 is 9.90 Å². The minimum absolute atomic E-state index is 0.0106. The Morgan fingerprint density at radius 1 is 1.03 bits per heavy atom. The predicted molar refractivity (Wildman–Crippen MR) is 117 cm³/mol. The van der Waals surface area contributed by atoms with Gasteiger partial charge in [0, 0.05) is 16.1 Å². The van der Waals surface area contributed by atoms with E-state index in [0.29, 0.717) is 23.8 Å². The van der Waals surface area contributed by atoms with E-state index >= 15 is 0 Å². The first kappa shape index (κ1) is 18.7. The lowest BCUT2D eigenvalue weighted by molar-refractivity contribution is -0.143. The number of nitrogens with one attached hydrogen (secondary N) is 1. The number of benzene rings is 2. The third kappa shape index (κ3) is 2.98. The van der Waals surface area contributed by atoms with Gasteiger partial charge in [-0.25, -0.2) is 4.79 Å². The van der Waals surface area contributed by atoms with Gasteiger partial charge in [0.05, 0.1) is 0 Å². The fraction of sp³-hybridized carbons (Fsp3) is 0.400. The topological polar surface area (TPSA) is 49.3 Å². The first-order valence-electron chi connectivity index (χ1n) is 10.6. The Morgan fingerprint density at radius 2 is 1.79 bits per heavy atom. The fourth-order valence-corrected chi connectivity index (χ4v) is 5.83. The van der Waals surface area contributed by atoms with Crippen LogP contribution in [0.3, 0.4) is 0 Å². The number of rotatable bonds is 4. The highest BCUT2D eigenvalue weighted by Gasteiger charge is 2.53. The van der Waals surface area contributed by atoms with Crippen LogP contribution < -0.4 is 5.32 Å². The van der Waals surface area contributed by atoms with Gasteiger partial charge in [-0.15, -0.1) is 0 Å². The van der Waals surface area contributed by atoms with Crippen LogP contribution in [0.5, 0.6) is 0 Å². The van der Waals surface area contributed by atoms with E-state index in [4.69, 9.17) is 11.6 Å². The second kappa shape index (κ2) is 6.91. The summed E-state index contributed by atoms with van der Waals surface area (Å²) in [5.74, 6) is -0.103. The molecule has 2 aromatic rings. The van der Waals surface area contributed by atoms with Gasteiger partial charge in [0.15, 0.2) is 0 Å². The fourth-order valence-electron chi connectivity index (χ4n) is 5.64. The van der Waals surface area contributed by atoms with Gasteiger partial charge >= 0.3 is 5.97 Å². The zero-order valence-corrected chi connectivity index (χ0v) is 17.2. The number of hydrogen-bond donors (Lipinski definition) is 2. The predicted octanol–water partition coefficient (Wildman–Crippen LogP) is 6.28. The van der Waals surface area contributed by atoms with E-state index in [0.717, 1.165) is 18.5 Å². The van der Waals surface area contributed by atoms with Gasteiger partial charge in [-0.3, -0.25) is 0 Å². The van der Waals surface area contributed by atoms with Crippen molar-refractivity contribution in [3.8, 4) is 0 Å².